The minimum absolute atomic E-state index is 0.164. The lowest BCUT2D eigenvalue weighted by Gasteiger charge is -2.33. The largest absolute Gasteiger partial charge is 0.494 e. The van der Waals surface area contributed by atoms with Crippen LogP contribution in [-0.4, -0.2) is 48.1 Å². The Hall–Kier alpha value is -2.28. The van der Waals surface area contributed by atoms with Gasteiger partial charge in [-0.1, -0.05) is 22.0 Å². The van der Waals surface area contributed by atoms with Gasteiger partial charge in [-0.3, -0.25) is 4.79 Å². The van der Waals surface area contributed by atoms with Crippen LogP contribution in [0.1, 0.15) is 42.2 Å². The zero-order valence-electron chi connectivity index (χ0n) is 16.0. The van der Waals surface area contributed by atoms with Crippen molar-refractivity contribution in [2.45, 2.75) is 31.7 Å². The Morgan fingerprint density at radius 2 is 1.96 bits per heavy atom. The minimum Gasteiger partial charge on any atom is -0.494 e. The molecule has 2 aromatic rings. The maximum absolute atomic E-state index is 12.5. The average Bonchev–Trinajstić information content (AvgIpc) is 3.20. The number of benzene rings is 1. The van der Waals surface area contributed by atoms with E-state index < -0.39 is 0 Å². The lowest BCUT2D eigenvalue weighted by molar-refractivity contribution is -0.132. The van der Waals surface area contributed by atoms with Crippen molar-refractivity contribution in [2.75, 3.05) is 26.8 Å². The molecule has 0 spiro atoms. The van der Waals surface area contributed by atoms with Gasteiger partial charge >= 0.3 is 5.97 Å². The molecule has 1 aliphatic rings. The van der Waals surface area contributed by atoms with Crippen LogP contribution in [0.3, 0.4) is 0 Å². The lowest BCUT2D eigenvalue weighted by Crippen LogP contribution is -2.39. The molecule has 1 aliphatic heterocycles. The van der Waals surface area contributed by atoms with Crippen LogP contribution in [0.25, 0.3) is 0 Å². The van der Waals surface area contributed by atoms with Gasteiger partial charge in [-0.2, -0.15) is 0 Å². The molecule has 1 aromatic heterocycles. The second kappa shape index (κ2) is 9.78. The SMILES string of the molecule is COC(=O)c1cccn1C1CCN(C(=O)CCCOc2cccc(Br)c2)CC1. The summed E-state index contributed by atoms with van der Waals surface area (Å²) in [6, 6.07) is 11.5. The number of piperidine rings is 1. The molecule has 6 nitrogen and oxygen atoms in total. The summed E-state index contributed by atoms with van der Waals surface area (Å²) in [5.74, 6) is 0.640. The number of aromatic nitrogens is 1. The fourth-order valence-corrected chi connectivity index (χ4v) is 3.89. The van der Waals surface area contributed by atoms with Crippen molar-refractivity contribution in [1.29, 1.82) is 0 Å². The van der Waals surface area contributed by atoms with Gasteiger partial charge in [0.05, 0.1) is 13.7 Å². The van der Waals surface area contributed by atoms with Crippen LogP contribution in [0.4, 0.5) is 0 Å². The van der Waals surface area contributed by atoms with Crippen molar-refractivity contribution < 1.29 is 19.1 Å². The number of carbonyl (C=O) groups excluding carboxylic acids is 2. The standard InChI is InChI=1S/C21H25BrN2O4/c1-27-21(26)19-7-3-11-24(19)17-9-12-23(13-10-17)20(25)8-4-14-28-18-6-2-5-16(22)15-18/h2-3,5-7,11,15,17H,4,8-10,12-14H2,1H3. The van der Waals surface area contributed by atoms with Gasteiger partial charge in [0.1, 0.15) is 11.4 Å². The number of nitrogens with zero attached hydrogens (tertiary/aromatic N) is 2. The Balaban J connectivity index is 1.41. The Bertz CT molecular complexity index is 812. The first kappa shape index (κ1) is 20.5. The number of likely N-dealkylation sites (tertiary alicyclic amines) is 1. The molecule has 0 unspecified atom stereocenters. The first-order valence-electron chi connectivity index (χ1n) is 9.50. The van der Waals surface area contributed by atoms with Crippen LogP contribution in [-0.2, 0) is 9.53 Å². The fourth-order valence-electron chi connectivity index (χ4n) is 3.51. The van der Waals surface area contributed by atoms with Crippen molar-refractivity contribution in [3.8, 4) is 5.75 Å². The van der Waals surface area contributed by atoms with Crippen LogP contribution in [0.5, 0.6) is 5.75 Å². The Morgan fingerprint density at radius 1 is 1.18 bits per heavy atom. The molecule has 0 saturated carbocycles. The van der Waals surface area contributed by atoms with Gasteiger partial charge in [0.15, 0.2) is 0 Å². The van der Waals surface area contributed by atoms with E-state index in [1.807, 2.05) is 46.0 Å². The number of hydrogen-bond acceptors (Lipinski definition) is 4. The Labute approximate surface area is 173 Å². The van der Waals surface area contributed by atoms with E-state index >= 15 is 0 Å². The van der Waals surface area contributed by atoms with Gasteiger partial charge in [0, 0.05) is 36.2 Å². The third kappa shape index (κ3) is 5.16. The van der Waals surface area contributed by atoms with E-state index in [-0.39, 0.29) is 17.9 Å². The van der Waals surface area contributed by atoms with Crippen molar-refractivity contribution in [3.63, 3.8) is 0 Å². The summed E-state index contributed by atoms with van der Waals surface area (Å²) in [4.78, 5) is 26.2. The molecule has 28 heavy (non-hydrogen) atoms. The summed E-state index contributed by atoms with van der Waals surface area (Å²) in [5, 5.41) is 0. The first-order chi connectivity index (χ1) is 13.6. The number of ether oxygens (including phenoxy) is 2. The molecule has 1 saturated heterocycles. The van der Waals surface area contributed by atoms with E-state index in [2.05, 4.69) is 15.9 Å². The second-order valence-corrected chi connectivity index (χ2v) is 7.73. The van der Waals surface area contributed by atoms with Crippen LogP contribution >= 0.6 is 15.9 Å². The maximum Gasteiger partial charge on any atom is 0.354 e. The molecule has 1 fully saturated rings. The molecule has 3 rings (SSSR count). The quantitative estimate of drug-likeness (QED) is 0.473. The van der Waals surface area contributed by atoms with Gasteiger partial charge < -0.3 is 18.9 Å². The summed E-state index contributed by atoms with van der Waals surface area (Å²) >= 11 is 3.41. The van der Waals surface area contributed by atoms with Crippen LogP contribution < -0.4 is 4.74 Å². The van der Waals surface area contributed by atoms with E-state index in [1.165, 1.54) is 7.11 Å². The number of hydrogen-bond donors (Lipinski definition) is 0. The smallest absolute Gasteiger partial charge is 0.354 e. The number of esters is 1. The third-order valence-electron chi connectivity index (χ3n) is 4.98. The van der Waals surface area contributed by atoms with E-state index in [0.717, 1.165) is 23.1 Å². The number of methoxy groups -OCH3 is 1. The van der Waals surface area contributed by atoms with Gasteiger partial charge in [0.2, 0.25) is 5.91 Å². The molecule has 0 aliphatic carbocycles. The molecule has 7 heteroatoms. The van der Waals surface area contributed by atoms with Gasteiger partial charge in [-0.05, 0) is 49.6 Å². The van der Waals surface area contributed by atoms with E-state index in [1.54, 1.807) is 6.07 Å². The topological polar surface area (TPSA) is 60.8 Å². The normalized spacial score (nSPS) is 14.7. The summed E-state index contributed by atoms with van der Waals surface area (Å²) < 4.78 is 13.5. The molecule has 0 bridgehead atoms. The molecule has 2 heterocycles. The number of halogens is 1. The predicted octanol–water partition coefficient (Wildman–Crippen LogP) is 4.06. The molecule has 0 N–H and O–H groups in total. The highest BCUT2D eigenvalue weighted by atomic mass is 79.9. The molecule has 1 aromatic carbocycles. The van der Waals surface area contributed by atoms with Crippen LogP contribution in [0.2, 0.25) is 0 Å². The van der Waals surface area contributed by atoms with Crippen molar-refractivity contribution >= 4 is 27.8 Å². The highest BCUT2D eigenvalue weighted by Gasteiger charge is 2.25. The van der Waals surface area contributed by atoms with E-state index in [4.69, 9.17) is 9.47 Å². The lowest BCUT2D eigenvalue weighted by atomic mass is 10.0. The number of amides is 1. The highest BCUT2D eigenvalue weighted by Crippen LogP contribution is 2.25. The minimum atomic E-state index is -0.325. The molecular formula is C21H25BrN2O4. The fraction of sp³-hybridized carbons (Fsp3) is 0.429. The van der Waals surface area contributed by atoms with Crippen molar-refractivity contribution in [2.24, 2.45) is 0 Å². The second-order valence-electron chi connectivity index (χ2n) is 6.81. The zero-order chi connectivity index (χ0) is 19.9. The Morgan fingerprint density at radius 3 is 2.68 bits per heavy atom. The molecule has 1 amide bonds. The summed E-state index contributed by atoms with van der Waals surface area (Å²) in [6.07, 6.45) is 4.75. The highest BCUT2D eigenvalue weighted by molar-refractivity contribution is 9.10. The Kier molecular flexibility index (Phi) is 7.14. The van der Waals surface area contributed by atoms with E-state index in [9.17, 15) is 9.59 Å². The first-order valence-corrected chi connectivity index (χ1v) is 10.3. The maximum atomic E-state index is 12.5. The number of rotatable bonds is 7. The monoisotopic (exact) mass is 448 g/mol. The zero-order valence-corrected chi connectivity index (χ0v) is 17.6. The molecule has 0 atom stereocenters. The average molecular weight is 449 g/mol. The van der Waals surface area contributed by atoms with Gasteiger partial charge in [-0.25, -0.2) is 4.79 Å². The van der Waals surface area contributed by atoms with Crippen molar-refractivity contribution in [1.82, 2.24) is 9.47 Å². The molecule has 150 valence electrons. The van der Waals surface area contributed by atoms with Crippen LogP contribution in [0.15, 0.2) is 47.1 Å². The van der Waals surface area contributed by atoms with Crippen molar-refractivity contribution in [3.05, 3.63) is 52.8 Å². The predicted molar refractivity (Wildman–Crippen MR) is 109 cm³/mol. The molecule has 0 radical (unpaired) electrons. The molecular weight excluding hydrogens is 424 g/mol. The van der Waals surface area contributed by atoms with E-state index in [0.29, 0.717) is 38.2 Å². The van der Waals surface area contributed by atoms with Crippen LogP contribution in [0, 0.1) is 0 Å². The van der Waals surface area contributed by atoms with Gasteiger partial charge in [-0.15, -0.1) is 0 Å². The summed E-state index contributed by atoms with van der Waals surface area (Å²) in [6.45, 7) is 1.92. The van der Waals surface area contributed by atoms with Gasteiger partial charge in [0.25, 0.3) is 0 Å². The number of carbonyl (C=O) groups is 2. The summed E-state index contributed by atoms with van der Waals surface area (Å²) in [7, 11) is 1.39. The third-order valence-corrected chi connectivity index (χ3v) is 5.48. The summed E-state index contributed by atoms with van der Waals surface area (Å²) in [5.41, 5.74) is 0.567.